The highest BCUT2D eigenvalue weighted by molar-refractivity contribution is 5.33. The Hall–Kier alpha value is -1.02. The van der Waals surface area contributed by atoms with Gasteiger partial charge in [-0.25, -0.2) is 0 Å². The van der Waals surface area contributed by atoms with Crippen molar-refractivity contribution in [1.82, 2.24) is 0 Å². The molecule has 2 heteroatoms. The summed E-state index contributed by atoms with van der Waals surface area (Å²) in [5, 5.41) is 0. The number of ether oxygens (including phenoxy) is 2. The Balaban J connectivity index is 2.15. The fourth-order valence-electron chi connectivity index (χ4n) is 1.30. The minimum Gasteiger partial charge on any atom is -0.496 e. The van der Waals surface area contributed by atoms with Crippen molar-refractivity contribution < 1.29 is 9.47 Å². The summed E-state index contributed by atoms with van der Waals surface area (Å²) in [6.45, 7) is 0.901. The van der Waals surface area contributed by atoms with E-state index in [1.165, 1.54) is 5.56 Å². The Kier molecular flexibility index (Phi) is 2.00. The third kappa shape index (κ3) is 1.59. The molecule has 1 aliphatic heterocycles. The van der Waals surface area contributed by atoms with Crippen molar-refractivity contribution in [2.45, 2.75) is 12.5 Å². The van der Waals surface area contributed by atoms with Crippen molar-refractivity contribution in [2.24, 2.45) is 0 Å². The Morgan fingerprint density at radius 3 is 2.92 bits per heavy atom. The summed E-state index contributed by atoms with van der Waals surface area (Å²) in [5.41, 5.74) is 1.24. The quantitative estimate of drug-likeness (QED) is 0.633. The van der Waals surface area contributed by atoms with E-state index in [1.807, 2.05) is 18.2 Å². The van der Waals surface area contributed by atoms with Gasteiger partial charge in [-0.3, -0.25) is 0 Å². The molecule has 2 rings (SSSR count). The van der Waals surface area contributed by atoms with Crippen LogP contribution >= 0.6 is 0 Å². The van der Waals surface area contributed by atoms with Crippen LogP contribution < -0.4 is 4.74 Å². The molecule has 0 saturated carbocycles. The standard InChI is InChI=1S/C10H12O2/c1-11-10-5-3-2-4-8(10)6-9-7-12-9/h2-5,9H,6-7H2,1H3/t9-/m0/s1. The van der Waals surface area contributed by atoms with E-state index in [1.54, 1.807) is 7.11 Å². The molecule has 1 aromatic rings. The molecule has 0 spiro atoms. The van der Waals surface area contributed by atoms with E-state index in [0.29, 0.717) is 6.10 Å². The van der Waals surface area contributed by atoms with Gasteiger partial charge >= 0.3 is 0 Å². The second-order valence-electron chi connectivity index (χ2n) is 2.97. The molecule has 1 heterocycles. The molecule has 0 N–H and O–H groups in total. The average Bonchev–Trinajstić information content (AvgIpc) is 2.89. The van der Waals surface area contributed by atoms with Gasteiger partial charge in [0.25, 0.3) is 0 Å². The first-order chi connectivity index (χ1) is 5.90. The third-order valence-corrected chi connectivity index (χ3v) is 2.04. The first-order valence-electron chi connectivity index (χ1n) is 4.13. The molecular weight excluding hydrogens is 152 g/mol. The molecule has 0 aliphatic carbocycles. The van der Waals surface area contributed by atoms with Crippen molar-refractivity contribution in [2.75, 3.05) is 13.7 Å². The SMILES string of the molecule is COc1ccccc1C[C@H]1CO1. The number of hydrogen-bond donors (Lipinski definition) is 0. The van der Waals surface area contributed by atoms with Crippen molar-refractivity contribution in [3.8, 4) is 5.75 Å². The van der Waals surface area contributed by atoms with Gasteiger partial charge in [0, 0.05) is 6.42 Å². The number of epoxide rings is 1. The van der Waals surface area contributed by atoms with Crippen molar-refractivity contribution in [3.05, 3.63) is 29.8 Å². The largest absolute Gasteiger partial charge is 0.496 e. The Labute approximate surface area is 72.1 Å². The van der Waals surface area contributed by atoms with E-state index in [9.17, 15) is 0 Å². The number of hydrogen-bond acceptors (Lipinski definition) is 2. The van der Waals surface area contributed by atoms with Gasteiger partial charge < -0.3 is 9.47 Å². The summed E-state index contributed by atoms with van der Waals surface area (Å²) >= 11 is 0. The minimum atomic E-state index is 0.432. The van der Waals surface area contributed by atoms with E-state index >= 15 is 0 Å². The zero-order valence-electron chi connectivity index (χ0n) is 7.12. The number of rotatable bonds is 3. The van der Waals surface area contributed by atoms with Crippen LogP contribution in [0.2, 0.25) is 0 Å². The molecule has 0 radical (unpaired) electrons. The first kappa shape index (κ1) is 7.62. The maximum absolute atomic E-state index is 5.22. The maximum Gasteiger partial charge on any atom is 0.122 e. The molecule has 64 valence electrons. The van der Waals surface area contributed by atoms with Gasteiger partial charge in [-0.15, -0.1) is 0 Å². The zero-order valence-corrected chi connectivity index (χ0v) is 7.12. The van der Waals surface area contributed by atoms with Crippen LogP contribution in [0.25, 0.3) is 0 Å². The lowest BCUT2D eigenvalue weighted by molar-refractivity contribution is 0.391. The number of methoxy groups -OCH3 is 1. The van der Waals surface area contributed by atoms with Crippen LogP contribution in [0.4, 0.5) is 0 Å². The Morgan fingerprint density at radius 2 is 2.25 bits per heavy atom. The second kappa shape index (κ2) is 3.15. The smallest absolute Gasteiger partial charge is 0.122 e. The summed E-state index contributed by atoms with van der Waals surface area (Å²) in [5.74, 6) is 0.966. The second-order valence-corrected chi connectivity index (χ2v) is 2.97. The summed E-state index contributed by atoms with van der Waals surface area (Å²) in [7, 11) is 1.70. The maximum atomic E-state index is 5.22. The van der Waals surface area contributed by atoms with Crippen LogP contribution in [0.3, 0.4) is 0 Å². The van der Waals surface area contributed by atoms with Gasteiger partial charge in [0.05, 0.1) is 19.8 Å². The van der Waals surface area contributed by atoms with Crippen LogP contribution in [0, 0.1) is 0 Å². The lowest BCUT2D eigenvalue weighted by atomic mass is 10.1. The molecule has 1 aromatic carbocycles. The molecule has 2 nitrogen and oxygen atoms in total. The molecule has 0 aromatic heterocycles. The van der Waals surface area contributed by atoms with Gasteiger partial charge in [0.1, 0.15) is 5.75 Å². The highest BCUT2D eigenvalue weighted by Gasteiger charge is 2.23. The van der Waals surface area contributed by atoms with E-state index < -0.39 is 0 Å². The summed E-state index contributed by atoms with van der Waals surface area (Å²) in [6.07, 6.45) is 1.41. The predicted octanol–water partition coefficient (Wildman–Crippen LogP) is 1.64. The fraction of sp³-hybridized carbons (Fsp3) is 0.400. The minimum absolute atomic E-state index is 0.432. The first-order valence-corrected chi connectivity index (χ1v) is 4.13. The Morgan fingerprint density at radius 1 is 1.50 bits per heavy atom. The van der Waals surface area contributed by atoms with Crippen LogP contribution in [0.15, 0.2) is 24.3 Å². The van der Waals surface area contributed by atoms with Gasteiger partial charge in [-0.2, -0.15) is 0 Å². The molecule has 1 aliphatic rings. The lowest BCUT2D eigenvalue weighted by Gasteiger charge is -2.05. The Bertz CT molecular complexity index is 266. The molecule has 0 amide bonds. The van der Waals surface area contributed by atoms with E-state index in [4.69, 9.17) is 9.47 Å². The third-order valence-electron chi connectivity index (χ3n) is 2.04. The van der Waals surface area contributed by atoms with Crippen molar-refractivity contribution in [3.63, 3.8) is 0 Å². The summed E-state index contributed by atoms with van der Waals surface area (Å²) in [4.78, 5) is 0. The van der Waals surface area contributed by atoms with Gasteiger partial charge in [-0.1, -0.05) is 18.2 Å². The van der Waals surface area contributed by atoms with Crippen LogP contribution in [0.5, 0.6) is 5.75 Å². The molecule has 1 saturated heterocycles. The van der Waals surface area contributed by atoms with Crippen molar-refractivity contribution in [1.29, 1.82) is 0 Å². The van der Waals surface area contributed by atoms with E-state index in [0.717, 1.165) is 18.8 Å². The predicted molar refractivity (Wildman–Crippen MR) is 46.4 cm³/mol. The average molecular weight is 164 g/mol. The van der Waals surface area contributed by atoms with Crippen molar-refractivity contribution >= 4 is 0 Å². The number of para-hydroxylation sites is 1. The number of benzene rings is 1. The normalized spacial score (nSPS) is 20.6. The lowest BCUT2D eigenvalue weighted by Crippen LogP contribution is -1.96. The van der Waals surface area contributed by atoms with Gasteiger partial charge in [-0.05, 0) is 11.6 Å². The topological polar surface area (TPSA) is 21.8 Å². The monoisotopic (exact) mass is 164 g/mol. The van der Waals surface area contributed by atoms with Gasteiger partial charge in [0.15, 0.2) is 0 Å². The van der Waals surface area contributed by atoms with Crippen LogP contribution in [0.1, 0.15) is 5.56 Å². The van der Waals surface area contributed by atoms with E-state index in [2.05, 4.69) is 6.07 Å². The zero-order chi connectivity index (χ0) is 8.39. The highest BCUT2D eigenvalue weighted by atomic mass is 16.6. The molecule has 0 bridgehead atoms. The summed E-state index contributed by atoms with van der Waals surface area (Å²) in [6, 6.07) is 8.08. The van der Waals surface area contributed by atoms with Crippen LogP contribution in [-0.2, 0) is 11.2 Å². The summed E-state index contributed by atoms with van der Waals surface area (Å²) < 4.78 is 10.4. The molecule has 0 unspecified atom stereocenters. The molecule has 1 fully saturated rings. The molecule has 12 heavy (non-hydrogen) atoms. The van der Waals surface area contributed by atoms with E-state index in [-0.39, 0.29) is 0 Å². The molecule has 1 atom stereocenters. The van der Waals surface area contributed by atoms with Gasteiger partial charge in [0.2, 0.25) is 0 Å². The molecular formula is C10H12O2. The van der Waals surface area contributed by atoms with Crippen LogP contribution in [-0.4, -0.2) is 19.8 Å². The highest BCUT2D eigenvalue weighted by Crippen LogP contribution is 2.23. The fourth-order valence-corrected chi connectivity index (χ4v) is 1.30.